The first-order chi connectivity index (χ1) is 20.7. The number of carboxylic acid groups (broad SMARTS) is 1. The smallest absolute Gasteiger partial charge is 0.323 e. The summed E-state index contributed by atoms with van der Waals surface area (Å²) >= 11 is 0. The van der Waals surface area contributed by atoms with Crippen LogP contribution in [0.3, 0.4) is 0 Å². The van der Waals surface area contributed by atoms with Crippen LogP contribution in [0.5, 0.6) is 0 Å². The van der Waals surface area contributed by atoms with Crippen LogP contribution in [0.25, 0.3) is 10.8 Å². The second-order valence-electron chi connectivity index (χ2n) is 11.8. The summed E-state index contributed by atoms with van der Waals surface area (Å²) < 4.78 is 27.9. The fourth-order valence-electron chi connectivity index (χ4n) is 6.22. The molecule has 2 amide bonds. The molecule has 4 rings (SSSR count). The molecule has 6 N–H and O–H groups in total. The number of hydrogen-bond acceptors (Lipinski definition) is 7. The molecular weight excluding hydrogens is 570 g/mol. The maximum Gasteiger partial charge on any atom is 0.323 e. The van der Waals surface area contributed by atoms with Gasteiger partial charge in [0.15, 0.2) is 0 Å². The number of carbonyl (C=O) groups is 3. The van der Waals surface area contributed by atoms with E-state index in [1.807, 2.05) is 19.1 Å². The number of carbonyl (C=O) groups excluding carboxylic acids is 2. The molecule has 2 heterocycles. The van der Waals surface area contributed by atoms with E-state index < -0.39 is 34.5 Å². The standard InChI is InChI=1S/C31H45N5O6S/c1-2-22(8-7-21-11-16-33-27(17-21)24-12-14-32-15-13-24)30(38)35-20-29(37)34-19-28(31(39)40)36-43(41,42)26-10-9-23-5-3-4-6-25(23)18-26/h3-6,9-10,18,21-22,24,27-28,32-33,36H,2,7-8,11-17,19-20H2,1H3,(H,34,37)(H,35,38)(H,39,40)/t21-,22-,27-,28-/m0/s1. The fourth-order valence-corrected chi connectivity index (χ4v) is 7.44. The molecule has 2 fully saturated rings. The van der Waals surface area contributed by atoms with E-state index in [2.05, 4.69) is 26.0 Å². The normalized spacial score (nSPS) is 21.1. The van der Waals surface area contributed by atoms with Crippen molar-refractivity contribution in [2.45, 2.75) is 68.8 Å². The number of aliphatic carboxylic acids is 1. The minimum atomic E-state index is -4.17. The van der Waals surface area contributed by atoms with Crippen LogP contribution in [-0.2, 0) is 24.4 Å². The van der Waals surface area contributed by atoms with E-state index in [4.69, 9.17) is 0 Å². The number of amides is 2. The highest BCUT2D eigenvalue weighted by atomic mass is 32.2. The van der Waals surface area contributed by atoms with Gasteiger partial charge >= 0.3 is 5.97 Å². The van der Waals surface area contributed by atoms with Crippen molar-refractivity contribution in [1.82, 2.24) is 26.0 Å². The molecule has 236 valence electrons. The van der Waals surface area contributed by atoms with Gasteiger partial charge in [-0.1, -0.05) is 37.3 Å². The Morgan fingerprint density at radius 3 is 2.47 bits per heavy atom. The third-order valence-corrected chi connectivity index (χ3v) is 10.3. The average molecular weight is 616 g/mol. The second-order valence-corrected chi connectivity index (χ2v) is 13.5. The predicted octanol–water partition coefficient (Wildman–Crippen LogP) is 1.98. The second kappa shape index (κ2) is 15.6. The average Bonchev–Trinajstić information content (AvgIpc) is 3.02. The van der Waals surface area contributed by atoms with Crippen LogP contribution in [0.4, 0.5) is 0 Å². The van der Waals surface area contributed by atoms with Crippen LogP contribution in [-0.4, -0.2) is 76.1 Å². The number of carboxylic acids is 1. The molecule has 2 aliphatic heterocycles. The number of nitrogens with one attached hydrogen (secondary N) is 5. The Labute approximate surface area is 254 Å². The lowest BCUT2D eigenvalue weighted by atomic mass is 9.79. The van der Waals surface area contributed by atoms with E-state index in [-0.39, 0.29) is 23.3 Å². The Hall–Kier alpha value is -3.06. The first-order valence-corrected chi connectivity index (χ1v) is 16.9. The lowest BCUT2D eigenvalue weighted by Crippen LogP contribution is -2.50. The highest BCUT2D eigenvalue weighted by molar-refractivity contribution is 7.89. The predicted molar refractivity (Wildman–Crippen MR) is 165 cm³/mol. The molecule has 0 aromatic heterocycles. The minimum Gasteiger partial charge on any atom is -0.480 e. The van der Waals surface area contributed by atoms with Crippen molar-refractivity contribution in [1.29, 1.82) is 0 Å². The lowest BCUT2D eigenvalue weighted by Gasteiger charge is -2.38. The molecular formula is C31H45N5O6S. The van der Waals surface area contributed by atoms with E-state index in [0.717, 1.165) is 50.7 Å². The van der Waals surface area contributed by atoms with Gasteiger partial charge in [0.25, 0.3) is 0 Å². The Morgan fingerprint density at radius 1 is 1.00 bits per heavy atom. The number of hydrogen-bond donors (Lipinski definition) is 6. The maximum atomic E-state index is 12.9. The van der Waals surface area contributed by atoms with E-state index in [9.17, 15) is 27.9 Å². The van der Waals surface area contributed by atoms with Crippen molar-refractivity contribution in [3.05, 3.63) is 42.5 Å². The maximum absolute atomic E-state index is 12.9. The van der Waals surface area contributed by atoms with Crippen LogP contribution in [0.15, 0.2) is 47.4 Å². The number of fused-ring (bicyclic) bond motifs is 1. The van der Waals surface area contributed by atoms with Crippen molar-refractivity contribution in [3.8, 4) is 0 Å². The highest BCUT2D eigenvalue weighted by Gasteiger charge is 2.30. The van der Waals surface area contributed by atoms with Crippen molar-refractivity contribution in [2.75, 3.05) is 32.7 Å². The lowest BCUT2D eigenvalue weighted by molar-refractivity contribution is -0.139. The Balaban J connectivity index is 1.21. The first kappa shape index (κ1) is 32.8. The van der Waals surface area contributed by atoms with Crippen LogP contribution in [0.2, 0.25) is 0 Å². The molecule has 4 atom stereocenters. The first-order valence-electron chi connectivity index (χ1n) is 15.4. The van der Waals surface area contributed by atoms with Gasteiger partial charge in [-0.15, -0.1) is 0 Å². The summed E-state index contributed by atoms with van der Waals surface area (Å²) in [5.74, 6) is -1.14. The highest BCUT2D eigenvalue weighted by Crippen LogP contribution is 2.30. The van der Waals surface area contributed by atoms with Crippen LogP contribution >= 0.6 is 0 Å². The van der Waals surface area contributed by atoms with Crippen LogP contribution in [0, 0.1) is 17.8 Å². The van der Waals surface area contributed by atoms with E-state index in [1.165, 1.54) is 25.0 Å². The third-order valence-electron chi connectivity index (χ3n) is 8.84. The molecule has 2 aromatic rings. The summed E-state index contributed by atoms with van der Waals surface area (Å²) in [7, 11) is -4.17. The van der Waals surface area contributed by atoms with Gasteiger partial charge in [0, 0.05) is 18.5 Å². The number of sulfonamides is 1. The van der Waals surface area contributed by atoms with Crippen molar-refractivity contribution >= 4 is 38.6 Å². The molecule has 0 radical (unpaired) electrons. The van der Waals surface area contributed by atoms with Crippen LogP contribution < -0.4 is 26.0 Å². The number of piperidine rings is 2. The zero-order chi connectivity index (χ0) is 30.8. The molecule has 0 bridgehead atoms. The van der Waals surface area contributed by atoms with Crippen molar-refractivity contribution < 1.29 is 27.9 Å². The Bertz CT molecular complexity index is 1360. The number of benzene rings is 2. The SMILES string of the molecule is CC[C@@H](CC[C@H]1CCN[C@H](C2CCNCC2)C1)C(=O)NCC(=O)NC[C@H](NS(=O)(=O)c1ccc2ccccc2c1)C(=O)O. The van der Waals surface area contributed by atoms with E-state index in [1.54, 1.807) is 18.2 Å². The summed E-state index contributed by atoms with van der Waals surface area (Å²) in [5, 5.41) is 23.4. The zero-order valence-electron chi connectivity index (χ0n) is 24.8. The quantitative estimate of drug-likeness (QED) is 0.188. The van der Waals surface area contributed by atoms with Crippen molar-refractivity contribution in [3.63, 3.8) is 0 Å². The third kappa shape index (κ3) is 9.46. The molecule has 0 unspecified atom stereocenters. The largest absolute Gasteiger partial charge is 0.480 e. The summed E-state index contributed by atoms with van der Waals surface area (Å²) in [6, 6.07) is 10.7. The van der Waals surface area contributed by atoms with Gasteiger partial charge in [0.2, 0.25) is 21.8 Å². The minimum absolute atomic E-state index is 0.0760. The molecule has 0 spiro atoms. The van der Waals surface area contributed by atoms with E-state index in [0.29, 0.717) is 29.7 Å². The van der Waals surface area contributed by atoms with Gasteiger partial charge in [-0.3, -0.25) is 14.4 Å². The summed E-state index contributed by atoms with van der Waals surface area (Å²) in [4.78, 5) is 37.0. The monoisotopic (exact) mass is 615 g/mol. The Kier molecular flexibility index (Phi) is 11.9. The molecule has 2 aromatic carbocycles. The molecule has 2 saturated heterocycles. The van der Waals surface area contributed by atoms with Crippen LogP contribution in [0.1, 0.15) is 51.9 Å². The van der Waals surface area contributed by atoms with Crippen molar-refractivity contribution in [2.24, 2.45) is 17.8 Å². The molecule has 43 heavy (non-hydrogen) atoms. The molecule has 0 aliphatic carbocycles. The van der Waals surface area contributed by atoms with Gasteiger partial charge in [0.1, 0.15) is 6.04 Å². The van der Waals surface area contributed by atoms with Gasteiger partial charge in [-0.2, -0.15) is 4.72 Å². The number of rotatable bonds is 14. The van der Waals surface area contributed by atoms with Gasteiger partial charge < -0.3 is 26.4 Å². The van der Waals surface area contributed by atoms with Gasteiger partial charge in [0.05, 0.1) is 11.4 Å². The van der Waals surface area contributed by atoms with E-state index >= 15 is 0 Å². The summed E-state index contributed by atoms with van der Waals surface area (Å²) in [5.41, 5.74) is 0. The molecule has 0 saturated carbocycles. The summed E-state index contributed by atoms with van der Waals surface area (Å²) in [6.07, 6.45) is 7.04. The topological polar surface area (TPSA) is 166 Å². The Morgan fingerprint density at radius 2 is 1.74 bits per heavy atom. The summed E-state index contributed by atoms with van der Waals surface area (Å²) in [6.45, 7) is 4.35. The zero-order valence-corrected chi connectivity index (χ0v) is 25.6. The van der Waals surface area contributed by atoms with Gasteiger partial charge in [-0.05, 0) is 99.3 Å². The van der Waals surface area contributed by atoms with Gasteiger partial charge in [-0.25, -0.2) is 8.42 Å². The molecule has 2 aliphatic rings. The molecule has 11 nitrogen and oxygen atoms in total. The fraction of sp³-hybridized carbons (Fsp3) is 0.581. The molecule has 12 heteroatoms.